The summed E-state index contributed by atoms with van der Waals surface area (Å²) >= 11 is 1.61. The molecule has 0 spiro atoms. The average molecular weight is 391 g/mol. The second kappa shape index (κ2) is 6.46. The van der Waals surface area contributed by atoms with Crippen LogP contribution in [0.15, 0.2) is 10.9 Å². The number of nitrogens with zero attached hydrogens (tertiary/aromatic N) is 3. The third-order valence-electron chi connectivity index (χ3n) is 5.94. The molecule has 3 heterocycles. The molecule has 1 N–H and O–H groups in total. The van der Waals surface area contributed by atoms with Crippen LogP contribution in [0.1, 0.15) is 64.9 Å². The molecule has 0 unspecified atom stereocenters. The van der Waals surface area contributed by atoms with Gasteiger partial charge in [0.15, 0.2) is 5.82 Å². The molecule has 0 aromatic carbocycles. The number of hydrogen-bond donors (Lipinski definition) is 1. The van der Waals surface area contributed by atoms with E-state index in [0.717, 1.165) is 35.0 Å². The number of nitriles is 1. The molecule has 0 radical (unpaired) electrons. The van der Waals surface area contributed by atoms with E-state index in [1.807, 2.05) is 6.08 Å². The first-order chi connectivity index (χ1) is 13.6. The first-order valence-electron chi connectivity index (χ1n) is 9.92. The van der Waals surface area contributed by atoms with Crippen molar-refractivity contribution < 1.29 is 0 Å². The lowest BCUT2D eigenvalue weighted by atomic mass is 9.97. The van der Waals surface area contributed by atoms with Gasteiger partial charge < -0.3 is 9.55 Å². The molecular weight excluding hydrogens is 368 g/mol. The Morgan fingerprint density at radius 3 is 2.89 bits per heavy atom. The van der Waals surface area contributed by atoms with Crippen molar-refractivity contribution in [2.45, 2.75) is 58.4 Å². The topological polar surface area (TPSA) is 74.5 Å². The van der Waals surface area contributed by atoms with Crippen molar-refractivity contribution in [2.75, 3.05) is 0 Å². The third kappa shape index (κ3) is 2.73. The highest BCUT2D eigenvalue weighted by molar-refractivity contribution is 7.18. The minimum atomic E-state index is -0.121. The van der Waals surface area contributed by atoms with Crippen LogP contribution in [0, 0.1) is 25.2 Å². The summed E-state index contributed by atoms with van der Waals surface area (Å²) < 4.78 is 2.35. The molecule has 0 amide bonds. The molecule has 0 bridgehead atoms. The summed E-state index contributed by atoms with van der Waals surface area (Å²) in [5.41, 5.74) is 4.86. The number of hydrogen-bond acceptors (Lipinski definition) is 4. The standard InChI is InChI=1S/C22H22N4OS/c1-12-9-14(13(2)26(12)16-7-8-16)10-15(11-23)20-24-21(27)19-17-5-3-4-6-18(17)28-22(19)25-20/h9-10,16H,3-8H2,1-2H3,(H,24,25,27)/b15-10+. The Kier molecular flexibility index (Phi) is 4.02. The summed E-state index contributed by atoms with van der Waals surface area (Å²) in [4.78, 5) is 22.4. The highest BCUT2D eigenvalue weighted by Crippen LogP contribution is 2.39. The summed E-state index contributed by atoms with van der Waals surface area (Å²) in [7, 11) is 0. The maximum Gasteiger partial charge on any atom is 0.260 e. The van der Waals surface area contributed by atoms with E-state index in [9.17, 15) is 10.1 Å². The maximum absolute atomic E-state index is 12.8. The zero-order chi connectivity index (χ0) is 19.4. The minimum absolute atomic E-state index is 0.121. The van der Waals surface area contributed by atoms with Crippen molar-refractivity contribution in [3.05, 3.63) is 49.6 Å². The highest BCUT2D eigenvalue weighted by Gasteiger charge is 2.27. The van der Waals surface area contributed by atoms with E-state index in [2.05, 4.69) is 40.5 Å². The molecule has 5 rings (SSSR count). The molecule has 1 saturated carbocycles. The van der Waals surface area contributed by atoms with Gasteiger partial charge in [-0.2, -0.15) is 5.26 Å². The number of aromatic nitrogens is 3. The predicted octanol–water partition coefficient (Wildman–Crippen LogP) is 4.68. The minimum Gasteiger partial charge on any atom is -0.346 e. The van der Waals surface area contributed by atoms with Crippen LogP contribution < -0.4 is 5.56 Å². The Morgan fingerprint density at radius 1 is 1.36 bits per heavy atom. The monoisotopic (exact) mass is 390 g/mol. The zero-order valence-electron chi connectivity index (χ0n) is 16.1. The van der Waals surface area contributed by atoms with Crippen LogP contribution in [-0.2, 0) is 12.8 Å². The maximum atomic E-state index is 12.8. The van der Waals surface area contributed by atoms with Gasteiger partial charge in [-0.05, 0) is 75.6 Å². The van der Waals surface area contributed by atoms with Crippen LogP contribution in [0.4, 0.5) is 0 Å². The van der Waals surface area contributed by atoms with Gasteiger partial charge in [-0.15, -0.1) is 11.3 Å². The first kappa shape index (κ1) is 17.4. The third-order valence-corrected chi connectivity index (χ3v) is 7.12. The van der Waals surface area contributed by atoms with Gasteiger partial charge in [0, 0.05) is 22.3 Å². The lowest BCUT2D eigenvalue weighted by Gasteiger charge is -2.09. The fourth-order valence-corrected chi connectivity index (χ4v) is 5.71. The second-order valence-electron chi connectivity index (χ2n) is 7.90. The molecule has 0 atom stereocenters. The van der Waals surface area contributed by atoms with Crippen molar-refractivity contribution in [3.63, 3.8) is 0 Å². The molecule has 6 heteroatoms. The van der Waals surface area contributed by atoms with E-state index in [1.165, 1.54) is 41.1 Å². The van der Waals surface area contributed by atoms with E-state index >= 15 is 0 Å². The summed E-state index contributed by atoms with van der Waals surface area (Å²) in [6, 6.07) is 4.96. The van der Waals surface area contributed by atoms with E-state index in [0.29, 0.717) is 17.4 Å². The van der Waals surface area contributed by atoms with Gasteiger partial charge in [0.05, 0.1) is 11.0 Å². The van der Waals surface area contributed by atoms with E-state index in [4.69, 9.17) is 0 Å². The van der Waals surface area contributed by atoms with Gasteiger partial charge >= 0.3 is 0 Å². The lowest BCUT2D eigenvalue weighted by molar-refractivity contribution is 0.699. The molecule has 3 aromatic heterocycles. The molecule has 0 saturated heterocycles. The number of allylic oxidation sites excluding steroid dienone is 1. The largest absolute Gasteiger partial charge is 0.346 e. The van der Waals surface area contributed by atoms with Crippen LogP contribution in [0.5, 0.6) is 0 Å². The van der Waals surface area contributed by atoms with Gasteiger partial charge in [-0.1, -0.05) is 0 Å². The molecule has 5 nitrogen and oxygen atoms in total. The van der Waals surface area contributed by atoms with Crippen molar-refractivity contribution in [1.29, 1.82) is 5.26 Å². The molecule has 28 heavy (non-hydrogen) atoms. The first-order valence-corrected chi connectivity index (χ1v) is 10.7. The van der Waals surface area contributed by atoms with E-state index in [1.54, 1.807) is 11.3 Å². The number of H-pyrrole nitrogens is 1. The lowest BCUT2D eigenvalue weighted by Crippen LogP contribution is -2.12. The van der Waals surface area contributed by atoms with Crippen LogP contribution in [0.2, 0.25) is 0 Å². The predicted molar refractivity (Wildman–Crippen MR) is 113 cm³/mol. The Hall–Kier alpha value is -2.65. The molecule has 1 fully saturated rings. The molecule has 2 aliphatic rings. The van der Waals surface area contributed by atoms with Gasteiger partial charge in [0.1, 0.15) is 10.9 Å². The molecule has 3 aromatic rings. The van der Waals surface area contributed by atoms with Crippen molar-refractivity contribution in [3.8, 4) is 6.07 Å². The Morgan fingerprint density at radius 2 is 2.14 bits per heavy atom. The average Bonchev–Trinajstić information content (AvgIpc) is 3.37. The Bertz CT molecular complexity index is 1230. The van der Waals surface area contributed by atoms with Gasteiger partial charge in [0.2, 0.25) is 0 Å². The summed E-state index contributed by atoms with van der Waals surface area (Å²) in [6.07, 6.45) is 8.58. The molecule has 142 valence electrons. The Labute approximate surface area is 167 Å². The van der Waals surface area contributed by atoms with Gasteiger partial charge in [0.25, 0.3) is 5.56 Å². The van der Waals surface area contributed by atoms with E-state index in [-0.39, 0.29) is 5.56 Å². The number of aromatic amines is 1. The molecule has 0 aliphatic heterocycles. The van der Waals surface area contributed by atoms with Gasteiger partial charge in [-0.3, -0.25) is 4.79 Å². The smallest absolute Gasteiger partial charge is 0.260 e. The van der Waals surface area contributed by atoms with Crippen LogP contribution >= 0.6 is 11.3 Å². The zero-order valence-corrected chi connectivity index (χ0v) is 16.9. The number of fused-ring (bicyclic) bond motifs is 3. The number of nitrogens with one attached hydrogen (secondary N) is 1. The van der Waals surface area contributed by atoms with Crippen molar-refractivity contribution in [1.82, 2.24) is 14.5 Å². The summed E-state index contributed by atoms with van der Waals surface area (Å²) in [5.74, 6) is 0.370. The van der Waals surface area contributed by atoms with Crippen LogP contribution in [-0.4, -0.2) is 14.5 Å². The van der Waals surface area contributed by atoms with E-state index < -0.39 is 0 Å². The summed E-state index contributed by atoms with van der Waals surface area (Å²) in [5, 5.41) is 10.5. The normalized spacial score (nSPS) is 17.0. The molecular formula is C22H22N4OS. The quantitative estimate of drug-likeness (QED) is 0.660. The highest BCUT2D eigenvalue weighted by atomic mass is 32.1. The fourth-order valence-electron chi connectivity index (χ4n) is 4.44. The van der Waals surface area contributed by atoms with Crippen molar-refractivity contribution in [2.24, 2.45) is 0 Å². The SMILES string of the molecule is Cc1cc(/C=C(\C#N)c2nc3sc4c(c3c(=O)[nH]2)CCCC4)c(C)n1C1CC1. The number of aryl methyl sites for hydroxylation is 3. The van der Waals surface area contributed by atoms with Gasteiger partial charge in [-0.25, -0.2) is 4.98 Å². The number of rotatable bonds is 3. The number of thiophene rings is 1. The molecule has 2 aliphatic carbocycles. The second-order valence-corrected chi connectivity index (χ2v) is 8.99. The van der Waals surface area contributed by atoms with Crippen LogP contribution in [0.3, 0.4) is 0 Å². The summed E-state index contributed by atoms with van der Waals surface area (Å²) in [6.45, 7) is 4.20. The fraction of sp³-hybridized carbons (Fsp3) is 0.409. The van der Waals surface area contributed by atoms with Crippen molar-refractivity contribution >= 4 is 33.2 Å². The Balaban J connectivity index is 1.62. The van der Waals surface area contributed by atoms with Crippen LogP contribution in [0.25, 0.3) is 21.9 Å².